The van der Waals surface area contributed by atoms with Gasteiger partial charge in [-0.2, -0.15) is 5.10 Å². The van der Waals surface area contributed by atoms with Crippen LogP contribution in [-0.4, -0.2) is 41.8 Å². The second-order valence-electron chi connectivity index (χ2n) is 8.38. The number of aromatic amines is 1. The Morgan fingerprint density at radius 2 is 1.87 bits per heavy atom. The number of alkyl carbamates (subject to hydrolysis) is 1. The third-order valence-electron chi connectivity index (χ3n) is 5.48. The number of ether oxygens (including phenoxy) is 1. The van der Waals surface area contributed by atoms with E-state index >= 15 is 0 Å². The average molecular weight is 434 g/mol. The van der Waals surface area contributed by atoms with E-state index in [0.29, 0.717) is 17.6 Å². The predicted molar refractivity (Wildman–Crippen MR) is 112 cm³/mol. The Bertz CT molecular complexity index is 1030. The van der Waals surface area contributed by atoms with Gasteiger partial charge in [0.15, 0.2) is 15.7 Å². The summed E-state index contributed by atoms with van der Waals surface area (Å²) in [5, 5.41) is 13.3. The first-order valence-corrected chi connectivity index (χ1v) is 12.1. The van der Waals surface area contributed by atoms with Crippen molar-refractivity contribution in [2.75, 3.05) is 5.32 Å². The number of hydrogen-bond acceptors (Lipinski definition) is 7. The van der Waals surface area contributed by atoms with Gasteiger partial charge in [0, 0.05) is 29.9 Å². The second-order valence-corrected chi connectivity index (χ2v) is 10.4. The van der Waals surface area contributed by atoms with E-state index in [4.69, 9.17) is 4.74 Å². The van der Waals surface area contributed by atoms with Crippen LogP contribution < -0.4 is 10.6 Å². The summed E-state index contributed by atoms with van der Waals surface area (Å²) in [7, 11) is -3.05. The number of hydrogen-bond donors (Lipinski definition) is 3. The standard InChI is InChI=1S/C20H27N5O4S/c1-12(2)22-20(26)29-16-5-3-13(4-6-16)17-8-19(25-24-17)23-18-7-14-10-30(27,28)11-15(14)9-21-18/h7-9,12-13,16H,3-6,10-11H2,1-2H3,(H,22,26)(H2,21,23,24,25). The zero-order valence-corrected chi connectivity index (χ0v) is 18.0. The van der Waals surface area contributed by atoms with Crippen molar-refractivity contribution in [3.05, 3.63) is 35.2 Å². The lowest BCUT2D eigenvalue weighted by molar-refractivity contribution is 0.0697. The zero-order chi connectivity index (χ0) is 21.3. The molecule has 10 heteroatoms. The quantitative estimate of drug-likeness (QED) is 0.661. The summed E-state index contributed by atoms with van der Waals surface area (Å²) in [5.74, 6) is 1.68. The number of anilines is 2. The number of sulfone groups is 1. The predicted octanol–water partition coefficient (Wildman–Crippen LogP) is 3.14. The number of pyridine rings is 1. The molecule has 3 heterocycles. The molecule has 0 unspecified atom stereocenters. The molecule has 0 bridgehead atoms. The van der Waals surface area contributed by atoms with Gasteiger partial charge in [-0.15, -0.1) is 0 Å². The molecule has 0 aromatic carbocycles. The third kappa shape index (κ3) is 4.92. The van der Waals surface area contributed by atoms with Crippen LogP contribution in [0.4, 0.5) is 16.4 Å². The number of carbonyl (C=O) groups is 1. The van der Waals surface area contributed by atoms with Gasteiger partial charge in [0.05, 0.1) is 11.5 Å². The largest absolute Gasteiger partial charge is 0.446 e. The van der Waals surface area contributed by atoms with Crippen LogP contribution in [0.5, 0.6) is 0 Å². The average Bonchev–Trinajstić information content (AvgIpc) is 3.24. The zero-order valence-electron chi connectivity index (χ0n) is 17.1. The first kappa shape index (κ1) is 20.6. The molecule has 0 saturated heterocycles. The van der Waals surface area contributed by atoms with E-state index < -0.39 is 9.84 Å². The van der Waals surface area contributed by atoms with E-state index in [9.17, 15) is 13.2 Å². The van der Waals surface area contributed by atoms with E-state index in [1.807, 2.05) is 19.9 Å². The Morgan fingerprint density at radius 3 is 2.60 bits per heavy atom. The summed E-state index contributed by atoms with van der Waals surface area (Å²) >= 11 is 0. The summed E-state index contributed by atoms with van der Waals surface area (Å²) in [6, 6.07) is 3.80. The van der Waals surface area contributed by atoms with Gasteiger partial charge < -0.3 is 15.4 Å². The van der Waals surface area contributed by atoms with Gasteiger partial charge >= 0.3 is 6.09 Å². The van der Waals surface area contributed by atoms with Crippen molar-refractivity contribution >= 4 is 27.6 Å². The molecule has 1 amide bonds. The van der Waals surface area contributed by atoms with E-state index in [2.05, 4.69) is 25.8 Å². The van der Waals surface area contributed by atoms with Gasteiger partial charge in [-0.1, -0.05) is 0 Å². The fraction of sp³-hybridized carbons (Fsp3) is 0.550. The number of H-pyrrole nitrogens is 1. The molecule has 0 radical (unpaired) electrons. The van der Waals surface area contributed by atoms with Crippen LogP contribution in [0.1, 0.15) is 62.3 Å². The van der Waals surface area contributed by atoms with Crippen LogP contribution in [0.2, 0.25) is 0 Å². The smallest absolute Gasteiger partial charge is 0.407 e. The molecule has 162 valence electrons. The number of amides is 1. The summed E-state index contributed by atoms with van der Waals surface area (Å²) in [4.78, 5) is 16.1. The molecule has 9 nitrogen and oxygen atoms in total. The molecule has 1 aliphatic carbocycles. The van der Waals surface area contributed by atoms with Crippen LogP contribution >= 0.6 is 0 Å². The number of rotatable bonds is 5. The third-order valence-corrected chi connectivity index (χ3v) is 6.98. The lowest BCUT2D eigenvalue weighted by Crippen LogP contribution is -2.34. The minimum Gasteiger partial charge on any atom is -0.446 e. The van der Waals surface area contributed by atoms with Crippen molar-refractivity contribution in [1.82, 2.24) is 20.5 Å². The molecule has 2 aromatic rings. The van der Waals surface area contributed by atoms with E-state index in [1.54, 1.807) is 12.3 Å². The van der Waals surface area contributed by atoms with Gasteiger partial charge in [-0.05, 0) is 56.7 Å². The summed E-state index contributed by atoms with van der Waals surface area (Å²) in [5.41, 5.74) is 2.60. The maximum atomic E-state index is 11.8. The number of fused-ring (bicyclic) bond motifs is 1. The minimum absolute atomic E-state index is 0.0487. The maximum absolute atomic E-state index is 11.8. The van der Waals surface area contributed by atoms with Gasteiger partial charge in [-0.3, -0.25) is 5.10 Å². The molecular formula is C20H27N5O4S. The fourth-order valence-corrected chi connectivity index (χ4v) is 5.62. The molecule has 4 rings (SSSR count). The molecule has 1 fully saturated rings. The SMILES string of the molecule is CC(C)NC(=O)OC1CCC(c2cc(Nc3cc4c(cn3)CS(=O)(=O)C4)n[nH]2)CC1. The molecule has 1 saturated carbocycles. The summed E-state index contributed by atoms with van der Waals surface area (Å²) in [6.45, 7) is 3.81. The number of nitrogens with zero attached hydrogens (tertiary/aromatic N) is 2. The fourth-order valence-electron chi connectivity index (χ4n) is 4.04. The highest BCUT2D eigenvalue weighted by Crippen LogP contribution is 2.34. The maximum Gasteiger partial charge on any atom is 0.407 e. The van der Waals surface area contributed by atoms with Crippen LogP contribution in [-0.2, 0) is 26.1 Å². The molecule has 1 aliphatic heterocycles. The van der Waals surface area contributed by atoms with Crippen LogP contribution in [0.3, 0.4) is 0 Å². The van der Waals surface area contributed by atoms with E-state index in [-0.39, 0.29) is 29.7 Å². The van der Waals surface area contributed by atoms with Crippen molar-refractivity contribution in [3.63, 3.8) is 0 Å². The first-order chi connectivity index (χ1) is 14.3. The van der Waals surface area contributed by atoms with Crippen molar-refractivity contribution < 1.29 is 17.9 Å². The number of nitrogens with one attached hydrogen (secondary N) is 3. The van der Waals surface area contributed by atoms with E-state index in [0.717, 1.165) is 42.5 Å². The van der Waals surface area contributed by atoms with Crippen molar-refractivity contribution in [1.29, 1.82) is 0 Å². The molecule has 30 heavy (non-hydrogen) atoms. The Hall–Kier alpha value is -2.62. The van der Waals surface area contributed by atoms with Crippen LogP contribution in [0.25, 0.3) is 0 Å². The van der Waals surface area contributed by atoms with Gasteiger partial charge in [0.25, 0.3) is 0 Å². The molecule has 3 N–H and O–H groups in total. The first-order valence-electron chi connectivity index (χ1n) is 10.2. The lowest BCUT2D eigenvalue weighted by atomic mass is 9.85. The highest BCUT2D eigenvalue weighted by molar-refractivity contribution is 7.90. The van der Waals surface area contributed by atoms with E-state index in [1.165, 1.54) is 0 Å². The Labute approximate surface area is 175 Å². The van der Waals surface area contributed by atoms with Crippen LogP contribution in [0, 0.1) is 0 Å². The number of carbonyl (C=O) groups excluding carboxylic acids is 1. The Morgan fingerprint density at radius 1 is 1.13 bits per heavy atom. The van der Waals surface area contributed by atoms with Crippen molar-refractivity contribution in [2.24, 2.45) is 0 Å². The normalized spacial score (nSPS) is 22.5. The van der Waals surface area contributed by atoms with Gasteiger partial charge in [0.1, 0.15) is 11.9 Å². The van der Waals surface area contributed by atoms with Crippen molar-refractivity contribution in [2.45, 2.75) is 69.1 Å². The highest BCUT2D eigenvalue weighted by Gasteiger charge is 2.27. The summed E-state index contributed by atoms with van der Waals surface area (Å²) < 4.78 is 29.0. The molecule has 2 aromatic heterocycles. The molecule has 0 spiro atoms. The molecule has 0 atom stereocenters. The van der Waals surface area contributed by atoms with Gasteiger partial charge in [-0.25, -0.2) is 18.2 Å². The molecular weight excluding hydrogens is 406 g/mol. The van der Waals surface area contributed by atoms with Crippen LogP contribution in [0.15, 0.2) is 18.3 Å². The monoisotopic (exact) mass is 433 g/mol. The second kappa shape index (κ2) is 8.25. The highest BCUT2D eigenvalue weighted by atomic mass is 32.2. The molecule has 2 aliphatic rings. The minimum atomic E-state index is -3.05. The Kier molecular flexibility index (Phi) is 5.68. The van der Waals surface area contributed by atoms with Crippen molar-refractivity contribution in [3.8, 4) is 0 Å². The topological polar surface area (TPSA) is 126 Å². The van der Waals surface area contributed by atoms with Gasteiger partial charge in [0.2, 0.25) is 0 Å². The lowest BCUT2D eigenvalue weighted by Gasteiger charge is -2.27. The Balaban J connectivity index is 1.32. The number of aromatic nitrogens is 3. The summed E-state index contributed by atoms with van der Waals surface area (Å²) in [6.07, 6.45) is 4.68.